The first-order valence-electron chi connectivity index (χ1n) is 3.53. The molecule has 0 aromatic carbocycles. The molecule has 13 heavy (non-hydrogen) atoms. The summed E-state index contributed by atoms with van der Waals surface area (Å²) in [6.07, 6.45) is -1.07. The van der Waals surface area contributed by atoms with Crippen LogP contribution in [0.25, 0.3) is 0 Å². The third kappa shape index (κ3) is 25.2. The maximum absolute atomic E-state index is 9.87. The molecule has 0 bridgehead atoms. The van der Waals surface area contributed by atoms with E-state index in [0.29, 0.717) is 6.61 Å². The molecule has 3 N–H and O–H groups in total. The van der Waals surface area contributed by atoms with Gasteiger partial charge >= 0.3 is 12.1 Å². The van der Waals surface area contributed by atoms with Gasteiger partial charge in [-0.15, -0.1) is 0 Å². The second-order valence-corrected chi connectivity index (χ2v) is 2.02. The number of Topliss-reactive ketones (excluding diaryl/α,β-unsaturated/α-hetero) is 1. The SMILES string of the molecule is CC(=O)CC(=O)O.CCOC(N)=O. The summed E-state index contributed by atoms with van der Waals surface area (Å²) in [5.41, 5.74) is 4.54. The van der Waals surface area contributed by atoms with E-state index < -0.39 is 12.1 Å². The molecule has 0 saturated carbocycles. The molecule has 0 aromatic rings. The highest BCUT2D eigenvalue weighted by molar-refractivity contribution is 5.93. The van der Waals surface area contributed by atoms with E-state index in [2.05, 4.69) is 10.5 Å². The van der Waals surface area contributed by atoms with Crippen LogP contribution in [-0.4, -0.2) is 29.6 Å². The molecule has 0 fully saturated rings. The van der Waals surface area contributed by atoms with E-state index >= 15 is 0 Å². The van der Waals surface area contributed by atoms with Crippen molar-refractivity contribution >= 4 is 17.8 Å². The summed E-state index contributed by atoms with van der Waals surface area (Å²) in [6.45, 7) is 3.30. The van der Waals surface area contributed by atoms with Gasteiger partial charge in [-0.3, -0.25) is 9.59 Å². The molecule has 1 amide bonds. The van der Waals surface area contributed by atoms with Crippen molar-refractivity contribution < 1.29 is 24.2 Å². The standard InChI is InChI=1S/C4H6O3.C3H7NO2/c1-3(5)2-4(6)7;1-2-6-3(4)5/h2H2,1H3,(H,6,7);2H2,1H3,(H2,4,5). The lowest BCUT2D eigenvalue weighted by Gasteiger charge is -1.89. The van der Waals surface area contributed by atoms with Crippen LogP contribution in [0, 0.1) is 0 Å². The maximum atomic E-state index is 9.87. The maximum Gasteiger partial charge on any atom is 0.404 e. The number of carbonyl (C=O) groups excluding carboxylic acids is 2. The Morgan fingerprint density at radius 1 is 1.38 bits per heavy atom. The average molecular weight is 191 g/mol. The summed E-state index contributed by atoms with van der Waals surface area (Å²) in [5, 5.41) is 7.86. The Kier molecular flexibility index (Phi) is 9.14. The Morgan fingerprint density at radius 2 is 1.85 bits per heavy atom. The number of primary amides is 1. The van der Waals surface area contributed by atoms with Gasteiger partial charge in [-0.05, 0) is 13.8 Å². The number of rotatable bonds is 3. The van der Waals surface area contributed by atoms with Gasteiger partial charge in [-0.2, -0.15) is 0 Å². The van der Waals surface area contributed by atoms with Gasteiger partial charge in [0.25, 0.3) is 0 Å². The summed E-state index contributed by atoms with van der Waals surface area (Å²) in [6, 6.07) is 0. The van der Waals surface area contributed by atoms with Gasteiger partial charge in [0, 0.05) is 0 Å². The number of carboxylic acids is 1. The van der Waals surface area contributed by atoms with E-state index in [9.17, 15) is 14.4 Å². The molecule has 0 rings (SSSR count). The number of aliphatic carboxylic acids is 1. The van der Waals surface area contributed by atoms with Gasteiger partial charge in [0.15, 0.2) is 0 Å². The average Bonchev–Trinajstić information content (AvgIpc) is 1.83. The van der Waals surface area contributed by atoms with E-state index in [-0.39, 0.29) is 12.2 Å². The van der Waals surface area contributed by atoms with Crippen molar-refractivity contribution in [3.63, 3.8) is 0 Å². The van der Waals surface area contributed by atoms with Crippen molar-refractivity contribution in [1.82, 2.24) is 0 Å². The molecule has 0 aliphatic rings. The minimum absolute atomic E-state index is 0.312. The Balaban J connectivity index is 0. The molecule has 0 radical (unpaired) electrons. The Bertz CT molecular complexity index is 177. The number of nitrogens with two attached hydrogens (primary N) is 1. The minimum atomic E-state index is -1.06. The van der Waals surface area contributed by atoms with E-state index in [1.165, 1.54) is 6.92 Å². The van der Waals surface area contributed by atoms with Crippen LogP contribution in [0.2, 0.25) is 0 Å². The van der Waals surface area contributed by atoms with Crippen LogP contribution in [0.5, 0.6) is 0 Å². The summed E-state index contributed by atoms with van der Waals surface area (Å²) in [7, 11) is 0. The lowest BCUT2D eigenvalue weighted by molar-refractivity contribution is -0.139. The lowest BCUT2D eigenvalue weighted by Crippen LogP contribution is -2.11. The monoisotopic (exact) mass is 191 g/mol. The number of carbonyl (C=O) groups is 3. The van der Waals surface area contributed by atoms with Crippen molar-refractivity contribution in [2.24, 2.45) is 5.73 Å². The van der Waals surface area contributed by atoms with E-state index in [1.807, 2.05) is 0 Å². The number of hydrogen-bond acceptors (Lipinski definition) is 4. The second-order valence-electron chi connectivity index (χ2n) is 2.02. The largest absolute Gasteiger partial charge is 0.481 e. The van der Waals surface area contributed by atoms with Crippen molar-refractivity contribution in [2.75, 3.05) is 6.61 Å². The molecule has 0 heterocycles. The van der Waals surface area contributed by atoms with Crippen LogP contribution in [0.15, 0.2) is 0 Å². The first-order chi connectivity index (χ1) is 5.90. The fourth-order valence-corrected chi connectivity index (χ4v) is 0.355. The van der Waals surface area contributed by atoms with Crippen molar-refractivity contribution in [3.8, 4) is 0 Å². The molecule has 0 aliphatic heterocycles. The fourth-order valence-electron chi connectivity index (χ4n) is 0.355. The van der Waals surface area contributed by atoms with Gasteiger partial charge in [-0.1, -0.05) is 0 Å². The first-order valence-corrected chi connectivity index (χ1v) is 3.53. The van der Waals surface area contributed by atoms with Gasteiger partial charge in [0.1, 0.15) is 12.2 Å². The lowest BCUT2D eigenvalue weighted by atomic mass is 10.3. The first kappa shape index (κ1) is 14.0. The zero-order valence-corrected chi connectivity index (χ0v) is 7.57. The zero-order chi connectivity index (χ0) is 10.9. The number of ether oxygens (including phenoxy) is 1. The molecule has 0 spiro atoms. The molecule has 0 atom stereocenters. The summed E-state index contributed by atoms with van der Waals surface area (Å²) >= 11 is 0. The smallest absolute Gasteiger partial charge is 0.404 e. The highest BCUT2D eigenvalue weighted by atomic mass is 16.5. The van der Waals surface area contributed by atoms with Gasteiger partial charge in [0.05, 0.1) is 6.61 Å². The quantitative estimate of drug-likeness (QED) is 0.617. The van der Waals surface area contributed by atoms with E-state index in [0.717, 1.165) is 0 Å². The summed E-state index contributed by atoms with van der Waals surface area (Å²) in [4.78, 5) is 29.1. The van der Waals surface area contributed by atoms with E-state index in [4.69, 9.17) is 5.11 Å². The minimum Gasteiger partial charge on any atom is -0.481 e. The molecule has 76 valence electrons. The van der Waals surface area contributed by atoms with Crippen LogP contribution in [0.4, 0.5) is 4.79 Å². The Labute approximate surface area is 75.7 Å². The predicted octanol–water partition coefficient (Wildman–Crippen LogP) is 0.152. The second kappa shape index (κ2) is 8.51. The van der Waals surface area contributed by atoms with Crippen LogP contribution >= 0.6 is 0 Å². The topological polar surface area (TPSA) is 107 Å². The third-order valence-electron chi connectivity index (χ3n) is 0.687. The highest BCUT2D eigenvalue weighted by Crippen LogP contribution is 1.77. The molecule has 6 nitrogen and oxygen atoms in total. The Morgan fingerprint density at radius 3 is 1.85 bits per heavy atom. The molecular weight excluding hydrogens is 178 g/mol. The highest BCUT2D eigenvalue weighted by Gasteiger charge is 1.98. The van der Waals surface area contributed by atoms with Gasteiger partial charge in [0.2, 0.25) is 0 Å². The molecule has 0 aromatic heterocycles. The number of ketones is 1. The third-order valence-corrected chi connectivity index (χ3v) is 0.687. The molecule has 6 heteroatoms. The van der Waals surface area contributed by atoms with Crippen molar-refractivity contribution in [2.45, 2.75) is 20.3 Å². The molecule has 0 unspecified atom stereocenters. The summed E-state index contributed by atoms with van der Waals surface area (Å²) < 4.78 is 4.18. The molecule has 0 aliphatic carbocycles. The number of hydrogen-bond donors (Lipinski definition) is 2. The number of carboxylic acid groups (broad SMARTS) is 1. The zero-order valence-electron chi connectivity index (χ0n) is 7.57. The van der Waals surface area contributed by atoms with Gasteiger partial charge in [-0.25, -0.2) is 4.79 Å². The summed E-state index contributed by atoms with van der Waals surface area (Å²) in [5.74, 6) is -1.37. The normalized spacial score (nSPS) is 7.85. The van der Waals surface area contributed by atoms with Crippen LogP contribution in [0.3, 0.4) is 0 Å². The molecule has 0 saturated heterocycles. The van der Waals surface area contributed by atoms with E-state index in [1.54, 1.807) is 6.92 Å². The van der Waals surface area contributed by atoms with Crippen LogP contribution in [0.1, 0.15) is 20.3 Å². The predicted molar refractivity (Wildman–Crippen MR) is 44.1 cm³/mol. The Hall–Kier alpha value is -1.59. The van der Waals surface area contributed by atoms with Crippen molar-refractivity contribution in [3.05, 3.63) is 0 Å². The van der Waals surface area contributed by atoms with Crippen molar-refractivity contribution in [1.29, 1.82) is 0 Å². The number of amides is 1. The van der Waals surface area contributed by atoms with Gasteiger partial charge < -0.3 is 15.6 Å². The van der Waals surface area contributed by atoms with Crippen LogP contribution in [-0.2, 0) is 14.3 Å². The molecular formula is C7H13NO5. The van der Waals surface area contributed by atoms with Crippen LogP contribution < -0.4 is 5.73 Å². The fraction of sp³-hybridized carbons (Fsp3) is 0.571.